The average molecular weight is 325 g/mol. The molecule has 5 heteroatoms. The Bertz CT molecular complexity index is 926. The van der Waals surface area contributed by atoms with Gasteiger partial charge in [0.15, 0.2) is 5.76 Å². The molecule has 0 bridgehead atoms. The first-order chi connectivity index (χ1) is 11.5. The summed E-state index contributed by atoms with van der Waals surface area (Å²) in [7, 11) is 0. The second-order valence-electron chi connectivity index (χ2n) is 5.67. The molecule has 1 heterocycles. The van der Waals surface area contributed by atoms with Crippen molar-refractivity contribution >= 4 is 33.6 Å². The quantitative estimate of drug-likeness (QED) is 0.745. The second-order valence-corrected chi connectivity index (χ2v) is 5.67. The van der Waals surface area contributed by atoms with Crippen LogP contribution < -0.4 is 5.32 Å². The van der Waals surface area contributed by atoms with Crippen molar-refractivity contribution in [1.29, 1.82) is 0 Å². The van der Waals surface area contributed by atoms with Crippen molar-refractivity contribution in [3.8, 4) is 0 Å². The first kappa shape index (κ1) is 16.1. The summed E-state index contributed by atoms with van der Waals surface area (Å²) >= 11 is 0. The summed E-state index contributed by atoms with van der Waals surface area (Å²) in [6, 6.07) is 11.1. The molecule has 1 unspecified atom stereocenters. The zero-order valence-electron chi connectivity index (χ0n) is 13.9. The topological polar surface area (TPSA) is 68.5 Å². The van der Waals surface area contributed by atoms with Crippen LogP contribution in [0.1, 0.15) is 30.0 Å². The number of hydrogen-bond acceptors (Lipinski definition) is 4. The van der Waals surface area contributed by atoms with E-state index in [4.69, 9.17) is 9.15 Å². The summed E-state index contributed by atoms with van der Waals surface area (Å²) in [4.78, 5) is 24.2. The van der Waals surface area contributed by atoms with Gasteiger partial charge in [0.05, 0.1) is 6.61 Å². The Labute approximate surface area is 139 Å². The Kier molecular flexibility index (Phi) is 4.25. The van der Waals surface area contributed by atoms with Crippen molar-refractivity contribution in [3.05, 3.63) is 47.7 Å². The summed E-state index contributed by atoms with van der Waals surface area (Å²) in [5.41, 5.74) is 1.43. The van der Waals surface area contributed by atoms with Gasteiger partial charge in [0.25, 0.3) is 5.91 Å². The number of carbonyl (C=O) groups excluding carboxylic acids is 2. The van der Waals surface area contributed by atoms with Crippen molar-refractivity contribution in [2.45, 2.75) is 26.8 Å². The minimum absolute atomic E-state index is 0.220. The number of aryl methyl sites for hydroxylation is 1. The van der Waals surface area contributed by atoms with Gasteiger partial charge in [-0.3, -0.25) is 4.79 Å². The van der Waals surface area contributed by atoms with E-state index in [1.165, 1.54) is 0 Å². The van der Waals surface area contributed by atoms with Crippen molar-refractivity contribution in [1.82, 2.24) is 5.32 Å². The SMILES string of the molecule is CCOC(=O)C(C)NC(=O)c1oc2c(ccc3ccccc32)c1C. The highest BCUT2D eigenvalue weighted by atomic mass is 16.5. The molecule has 1 aromatic heterocycles. The van der Waals surface area contributed by atoms with Crippen molar-refractivity contribution in [3.63, 3.8) is 0 Å². The van der Waals surface area contributed by atoms with Crippen LogP contribution in [-0.4, -0.2) is 24.5 Å². The smallest absolute Gasteiger partial charge is 0.328 e. The van der Waals surface area contributed by atoms with Crippen LogP contribution in [0.2, 0.25) is 0 Å². The highest BCUT2D eigenvalue weighted by Gasteiger charge is 2.23. The zero-order chi connectivity index (χ0) is 17.3. The second kappa shape index (κ2) is 6.35. The molecule has 24 heavy (non-hydrogen) atoms. The number of fused-ring (bicyclic) bond motifs is 3. The van der Waals surface area contributed by atoms with Gasteiger partial charge in [0.1, 0.15) is 11.6 Å². The molecule has 0 fully saturated rings. The number of esters is 1. The van der Waals surface area contributed by atoms with Crippen LogP contribution in [0.15, 0.2) is 40.8 Å². The van der Waals surface area contributed by atoms with E-state index < -0.39 is 17.9 Å². The Morgan fingerprint density at radius 3 is 2.67 bits per heavy atom. The van der Waals surface area contributed by atoms with Crippen LogP contribution in [0.25, 0.3) is 21.7 Å². The number of benzene rings is 2. The van der Waals surface area contributed by atoms with E-state index in [0.29, 0.717) is 5.58 Å². The number of carbonyl (C=O) groups is 2. The summed E-state index contributed by atoms with van der Waals surface area (Å²) in [6.45, 7) is 5.42. The van der Waals surface area contributed by atoms with E-state index in [9.17, 15) is 9.59 Å². The van der Waals surface area contributed by atoms with Gasteiger partial charge < -0.3 is 14.5 Å². The molecule has 124 valence electrons. The van der Waals surface area contributed by atoms with E-state index in [0.717, 1.165) is 21.7 Å². The third-order valence-corrected chi connectivity index (χ3v) is 4.02. The third kappa shape index (κ3) is 2.73. The number of nitrogens with one attached hydrogen (secondary N) is 1. The highest BCUT2D eigenvalue weighted by Crippen LogP contribution is 2.31. The standard InChI is InChI=1S/C19H19NO4/c1-4-23-19(22)12(3)20-18(21)16-11(2)14-10-9-13-7-5-6-8-15(13)17(14)24-16/h5-10,12H,4H2,1-3H3,(H,20,21). The lowest BCUT2D eigenvalue weighted by molar-refractivity contribution is -0.144. The molecule has 3 rings (SSSR count). The number of furan rings is 1. The number of ether oxygens (including phenoxy) is 1. The molecule has 0 saturated heterocycles. The molecule has 1 N–H and O–H groups in total. The molecule has 0 spiro atoms. The summed E-state index contributed by atoms with van der Waals surface area (Å²) in [5.74, 6) is -0.670. The van der Waals surface area contributed by atoms with Gasteiger partial charge in [-0.15, -0.1) is 0 Å². The Balaban J connectivity index is 1.98. The Hall–Kier alpha value is -2.82. The van der Waals surface area contributed by atoms with Gasteiger partial charge >= 0.3 is 5.97 Å². The maximum absolute atomic E-state index is 12.5. The molecule has 0 aliphatic heterocycles. The number of hydrogen-bond donors (Lipinski definition) is 1. The zero-order valence-corrected chi connectivity index (χ0v) is 13.9. The third-order valence-electron chi connectivity index (χ3n) is 4.02. The fourth-order valence-corrected chi connectivity index (χ4v) is 2.75. The van der Waals surface area contributed by atoms with Crippen LogP contribution >= 0.6 is 0 Å². The lowest BCUT2D eigenvalue weighted by Gasteiger charge is -2.11. The van der Waals surface area contributed by atoms with E-state index in [2.05, 4.69) is 5.32 Å². The van der Waals surface area contributed by atoms with Crippen LogP contribution in [-0.2, 0) is 9.53 Å². The summed E-state index contributed by atoms with van der Waals surface area (Å²) in [6.07, 6.45) is 0. The number of amides is 1. The van der Waals surface area contributed by atoms with Gasteiger partial charge in [0, 0.05) is 16.3 Å². The van der Waals surface area contributed by atoms with E-state index in [1.54, 1.807) is 13.8 Å². The monoisotopic (exact) mass is 325 g/mol. The maximum atomic E-state index is 12.5. The van der Waals surface area contributed by atoms with Crippen LogP contribution in [0.3, 0.4) is 0 Å². The van der Waals surface area contributed by atoms with Gasteiger partial charge in [-0.05, 0) is 26.2 Å². The first-order valence-corrected chi connectivity index (χ1v) is 7.91. The number of rotatable bonds is 4. The van der Waals surface area contributed by atoms with E-state index in [1.807, 2.05) is 43.3 Å². The summed E-state index contributed by atoms with van der Waals surface area (Å²) < 4.78 is 10.8. The maximum Gasteiger partial charge on any atom is 0.328 e. The molecule has 0 radical (unpaired) electrons. The minimum Gasteiger partial charge on any atom is -0.464 e. The predicted octanol–water partition coefficient (Wildman–Crippen LogP) is 3.58. The van der Waals surface area contributed by atoms with Gasteiger partial charge in [-0.2, -0.15) is 0 Å². The predicted molar refractivity (Wildman–Crippen MR) is 92.0 cm³/mol. The normalized spacial score (nSPS) is 12.3. The van der Waals surface area contributed by atoms with Gasteiger partial charge in [-0.1, -0.05) is 36.4 Å². The van der Waals surface area contributed by atoms with Gasteiger partial charge in [0.2, 0.25) is 0 Å². The molecule has 1 atom stereocenters. The molecule has 3 aromatic rings. The lowest BCUT2D eigenvalue weighted by Crippen LogP contribution is -2.39. The van der Waals surface area contributed by atoms with Crippen molar-refractivity contribution in [2.75, 3.05) is 6.61 Å². The highest BCUT2D eigenvalue weighted by molar-refractivity contribution is 6.09. The van der Waals surface area contributed by atoms with Crippen LogP contribution in [0, 0.1) is 6.92 Å². The molecule has 1 amide bonds. The minimum atomic E-state index is -0.734. The average Bonchev–Trinajstić information content (AvgIpc) is 2.92. The first-order valence-electron chi connectivity index (χ1n) is 7.91. The summed E-state index contributed by atoms with van der Waals surface area (Å²) in [5, 5.41) is 5.52. The van der Waals surface area contributed by atoms with Crippen LogP contribution in [0.5, 0.6) is 0 Å². The largest absolute Gasteiger partial charge is 0.464 e. The Morgan fingerprint density at radius 1 is 1.17 bits per heavy atom. The fraction of sp³-hybridized carbons (Fsp3) is 0.263. The Morgan fingerprint density at radius 2 is 1.92 bits per heavy atom. The molecule has 2 aromatic carbocycles. The van der Waals surface area contributed by atoms with E-state index in [-0.39, 0.29) is 12.4 Å². The lowest BCUT2D eigenvalue weighted by atomic mass is 10.1. The molecule has 0 aliphatic carbocycles. The molecule has 5 nitrogen and oxygen atoms in total. The van der Waals surface area contributed by atoms with Crippen molar-refractivity contribution in [2.24, 2.45) is 0 Å². The van der Waals surface area contributed by atoms with Crippen molar-refractivity contribution < 1.29 is 18.7 Å². The van der Waals surface area contributed by atoms with E-state index >= 15 is 0 Å². The fourth-order valence-electron chi connectivity index (χ4n) is 2.75. The molecular weight excluding hydrogens is 306 g/mol. The van der Waals surface area contributed by atoms with Gasteiger partial charge in [-0.25, -0.2) is 4.79 Å². The molecular formula is C19H19NO4. The van der Waals surface area contributed by atoms with Crippen LogP contribution in [0.4, 0.5) is 0 Å². The molecule has 0 aliphatic rings. The molecule has 0 saturated carbocycles.